The van der Waals surface area contributed by atoms with Gasteiger partial charge in [-0.25, -0.2) is 4.98 Å². The number of nitrogens with zero attached hydrogens (tertiary/aromatic N) is 3. The van der Waals surface area contributed by atoms with Gasteiger partial charge in [0.25, 0.3) is 0 Å². The highest BCUT2D eigenvalue weighted by atomic mass is 15.3. The van der Waals surface area contributed by atoms with Crippen LogP contribution in [0.3, 0.4) is 0 Å². The highest BCUT2D eigenvalue weighted by Gasteiger charge is 2.16. The van der Waals surface area contributed by atoms with Crippen LogP contribution in [-0.4, -0.2) is 22.6 Å². The molecule has 0 amide bonds. The highest BCUT2D eigenvalue weighted by Crippen LogP contribution is 2.17. The van der Waals surface area contributed by atoms with Crippen LogP contribution in [0.25, 0.3) is 0 Å². The van der Waals surface area contributed by atoms with Crippen molar-refractivity contribution < 1.29 is 0 Å². The molecule has 66 valence electrons. The molecule has 0 atom stereocenters. The summed E-state index contributed by atoms with van der Waals surface area (Å²) in [5.41, 5.74) is 1.11. The molecule has 1 aliphatic rings. The van der Waals surface area contributed by atoms with E-state index in [4.69, 9.17) is 0 Å². The number of hydrogen-bond donors (Lipinski definition) is 0. The van der Waals surface area contributed by atoms with Crippen molar-refractivity contribution in [1.82, 2.24) is 9.55 Å². The zero-order valence-corrected chi connectivity index (χ0v) is 7.75. The van der Waals surface area contributed by atoms with Crippen LogP contribution in [0.4, 0.5) is 5.95 Å². The van der Waals surface area contributed by atoms with Crippen LogP contribution in [0.1, 0.15) is 18.5 Å². The third-order valence-corrected chi connectivity index (χ3v) is 2.36. The standard InChI is InChI=1S/C9H15N3/c1-8-7-11(2)9(10-8)12-5-3-4-6-12/h7H,3-6H2,1-2H3. The Morgan fingerprint density at radius 1 is 1.33 bits per heavy atom. The Morgan fingerprint density at radius 2 is 2.00 bits per heavy atom. The van der Waals surface area contributed by atoms with E-state index in [2.05, 4.69) is 27.7 Å². The summed E-state index contributed by atoms with van der Waals surface area (Å²) in [6, 6.07) is 0. The van der Waals surface area contributed by atoms with Crippen molar-refractivity contribution in [2.75, 3.05) is 18.0 Å². The fourth-order valence-corrected chi connectivity index (χ4v) is 1.81. The summed E-state index contributed by atoms with van der Waals surface area (Å²) in [6.07, 6.45) is 4.70. The quantitative estimate of drug-likeness (QED) is 0.626. The molecule has 2 heterocycles. The Balaban J connectivity index is 2.25. The topological polar surface area (TPSA) is 21.1 Å². The normalized spacial score (nSPS) is 17.3. The lowest BCUT2D eigenvalue weighted by atomic mass is 10.4. The maximum absolute atomic E-state index is 4.48. The van der Waals surface area contributed by atoms with Crippen LogP contribution in [0.2, 0.25) is 0 Å². The molecule has 1 aromatic rings. The van der Waals surface area contributed by atoms with Gasteiger partial charge in [0.05, 0.1) is 5.69 Å². The van der Waals surface area contributed by atoms with Gasteiger partial charge in [-0.2, -0.15) is 0 Å². The van der Waals surface area contributed by atoms with Gasteiger partial charge >= 0.3 is 0 Å². The van der Waals surface area contributed by atoms with Gasteiger partial charge in [0.2, 0.25) is 5.95 Å². The molecule has 0 saturated carbocycles. The van der Waals surface area contributed by atoms with Gasteiger partial charge in [0.15, 0.2) is 0 Å². The average molecular weight is 165 g/mol. The molecular weight excluding hydrogens is 150 g/mol. The average Bonchev–Trinajstić information content (AvgIpc) is 2.58. The summed E-state index contributed by atoms with van der Waals surface area (Å²) in [7, 11) is 2.06. The van der Waals surface area contributed by atoms with E-state index in [-0.39, 0.29) is 0 Å². The first-order chi connectivity index (χ1) is 5.77. The fraction of sp³-hybridized carbons (Fsp3) is 0.667. The smallest absolute Gasteiger partial charge is 0.205 e. The van der Waals surface area contributed by atoms with Gasteiger partial charge in [-0.15, -0.1) is 0 Å². The molecule has 0 spiro atoms. The third kappa shape index (κ3) is 1.19. The van der Waals surface area contributed by atoms with Crippen LogP contribution in [0.5, 0.6) is 0 Å². The molecule has 0 aromatic carbocycles. The minimum absolute atomic E-state index is 1.11. The van der Waals surface area contributed by atoms with E-state index in [0.29, 0.717) is 0 Å². The lowest BCUT2D eigenvalue weighted by Crippen LogP contribution is -2.21. The maximum Gasteiger partial charge on any atom is 0.205 e. The summed E-state index contributed by atoms with van der Waals surface area (Å²) in [6.45, 7) is 4.38. The Morgan fingerprint density at radius 3 is 2.50 bits per heavy atom. The lowest BCUT2D eigenvalue weighted by Gasteiger charge is -2.15. The van der Waals surface area contributed by atoms with Gasteiger partial charge < -0.3 is 9.47 Å². The Bertz CT molecular complexity index is 271. The number of rotatable bonds is 1. The summed E-state index contributed by atoms with van der Waals surface area (Å²) >= 11 is 0. The minimum Gasteiger partial charge on any atom is -0.342 e. The van der Waals surface area contributed by atoms with E-state index in [1.165, 1.54) is 25.9 Å². The van der Waals surface area contributed by atoms with Gasteiger partial charge in [0, 0.05) is 26.3 Å². The molecule has 3 heteroatoms. The van der Waals surface area contributed by atoms with Gasteiger partial charge in [0.1, 0.15) is 0 Å². The Kier molecular flexibility index (Phi) is 1.79. The van der Waals surface area contributed by atoms with Crippen molar-refractivity contribution in [3.8, 4) is 0 Å². The van der Waals surface area contributed by atoms with Crippen molar-refractivity contribution in [3.63, 3.8) is 0 Å². The monoisotopic (exact) mass is 165 g/mol. The molecule has 0 radical (unpaired) electrons. The molecule has 1 fully saturated rings. The molecular formula is C9H15N3. The van der Waals surface area contributed by atoms with Crippen LogP contribution >= 0.6 is 0 Å². The van der Waals surface area contributed by atoms with Gasteiger partial charge in [-0.3, -0.25) is 0 Å². The second kappa shape index (κ2) is 2.81. The largest absolute Gasteiger partial charge is 0.342 e. The van der Waals surface area contributed by atoms with Crippen molar-refractivity contribution >= 4 is 5.95 Å². The molecule has 12 heavy (non-hydrogen) atoms. The molecule has 2 rings (SSSR count). The van der Waals surface area contributed by atoms with Crippen molar-refractivity contribution in [3.05, 3.63) is 11.9 Å². The van der Waals surface area contributed by atoms with Crippen molar-refractivity contribution in [1.29, 1.82) is 0 Å². The minimum atomic E-state index is 1.11. The molecule has 1 saturated heterocycles. The third-order valence-electron chi connectivity index (χ3n) is 2.36. The van der Waals surface area contributed by atoms with E-state index >= 15 is 0 Å². The summed E-state index contributed by atoms with van der Waals surface area (Å²) < 4.78 is 2.11. The first kappa shape index (κ1) is 7.65. The predicted molar refractivity (Wildman–Crippen MR) is 49.4 cm³/mol. The van der Waals surface area contributed by atoms with E-state index in [9.17, 15) is 0 Å². The number of aryl methyl sites for hydroxylation is 2. The maximum atomic E-state index is 4.48. The highest BCUT2D eigenvalue weighted by molar-refractivity contribution is 5.33. The lowest BCUT2D eigenvalue weighted by molar-refractivity contribution is 0.822. The number of aromatic nitrogens is 2. The van der Waals surface area contributed by atoms with Crippen molar-refractivity contribution in [2.24, 2.45) is 7.05 Å². The van der Waals surface area contributed by atoms with E-state index in [0.717, 1.165) is 11.6 Å². The second-order valence-electron chi connectivity index (χ2n) is 3.49. The molecule has 1 aliphatic heterocycles. The number of hydrogen-bond acceptors (Lipinski definition) is 2. The zero-order chi connectivity index (χ0) is 8.55. The predicted octanol–water partition coefficient (Wildman–Crippen LogP) is 1.33. The number of anilines is 1. The first-order valence-corrected chi connectivity index (χ1v) is 4.52. The van der Waals surface area contributed by atoms with Crippen LogP contribution < -0.4 is 4.90 Å². The molecule has 0 N–H and O–H groups in total. The number of imidazole rings is 1. The van der Waals surface area contributed by atoms with Gasteiger partial charge in [-0.05, 0) is 19.8 Å². The SMILES string of the molecule is Cc1cn(C)c(N2CCCC2)n1. The Labute approximate surface area is 73.0 Å². The Hall–Kier alpha value is -0.990. The molecule has 3 nitrogen and oxygen atoms in total. The van der Waals surface area contributed by atoms with Crippen molar-refractivity contribution in [2.45, 2.75) is 19.8 Å². The second-order valence-corrected chi connectivity index (χ2v) is 3.49. The molecule has 0 unspecified atom stereocenters. The van der Waals surface area contributed by atoms with E-state index in [1.54, 1.807) is 0 Å². The molecule has 0 aliphatic carbocycles. The molecule has 0 bridgehead atoms. The van der Waals surface area contributed by atoms with Crippen LogP contribution in [-0.2, 0) is 7.05 Å². The van der Waals surface area contributed by atoms with Crippen LogP contribution in [0.15, 0.2) is 6.20 Å². The van der Waals surface area contributed by atoms with Gasteiger partial charge in [-0.1, -0.05) is 0 Å². The summed E-state index contributed by atoms with van der Waals surface area (Å²) in [5, 5.41) is 0. The van der Waals surface area contributed by atoms with E-state index in [1.807, 2.05) is 6.92 Å². The summed E-state index contributed by atoms with van der Waals surface area (Å²) in [4.78, 5) is 6.84. The molecule has 1 aromatic heterocycles. The van der Waals surface area contributed by atoms with Crippen LogP contribution in [0, 0.1) is 6.92 Å². The first-order valence-electron chi connectivity index (χ1n) is 4.52. The van der Waals surface area contributed by atoms with E-state index < -0.39 is 0 Å². The fourth-order valence-electron chi connectivity index (χ4n) is 1.81. The zero-order valence-electron chi connectivity index (χ0n) is 7.75. The summed E-state index contributed by atoms with van der Waals surface area (Å²) in [5.74, 6) is 1.13.